The number of hydrogen-bond acceptors (Lipinski definition) is 2. The minimum Gasteiger partial charge on any atom is -0.481 e. The highest BCUT2D eigenvalue weighted by molar-refractivity contribution is 5.83. The second kappa shape index (κ2) is 4.24. The van der Waals surface area contributed by atoms with Crippen LogP contribution in [0, 0.1) is 5.92 Å². The molecule has 0 aromatic carbocycles. The summed E-state index contributed by atoms with van der Waals surface area (Å²) in [5.74, 6) is -1.12. The highest BCUT2D eigenvalue weighted by Crippen LogP contribution is 2.20. The maximum absolute atomic E-state index is 11.1. The Morgan fingerprint density at radius 3 is 2.75 bits per heavy atom. The summed E-state index contributed by atoms with van der Waals surface area (Å²) >= 11 is 0. The molecule has 0 saturated heterocycles. The summed E-state index contributed by atoms with van der Waals surface area (Å²) in [4.78, 5) is 21.7. The molecule has 1 aliphatic carbocycles. The van der Waals surface area contributed by atoms with Crippen molar-refractivity contribution in [2.45, 2.75) is 38.5 Å². The minimum absolute atomic E-state index is 0.113. The number of carbonyl (C=O) groups is 2. The van der Waals surface area contributed by atoms with Crippen LogP contribution in [-0.4, -0.2) is 16.9 Å². The molecule has 1 rings (SSSR count). The Bertz CT molecular complexity index is 186. The fourth-order valence-electron chi connectivity index (χ4n) is 1.58. The maximum Gasteiger partial charge on any atom is 0.306 e. The molecular formula is C9H14O3. The molecule has 68 valence electrons. The van der Waals surface area contributed by atoms with Crippen molar-refractivity contribution in [3.63, 3.8) is 0 Å². The van der Waals surface area contributed by atoms with E-state index in [1.807, 2.05) is 0 Å². The number of carboxylic acid groups (broad SMARTS) is 1. The van der Waals surface area contributed by atoms with Crippen LogP contribution < -0.4 is 0 Å². The van der Waals surface area contributed by atoms with Gasteiger partial charge in [0.15, 0.2) is 0 Å². The first kappa shape index (κ1) is 9.23. The Kier molecular flexibility index (Phi) is 3.26. The lowest BCUT2D eigenvalue weighted by Gasteiger charge is -2.14. The molecule has 0 unspecified atom stereocenters. The number of Topliss-reactive ketones (excluding diaryl/α,β-unsaturated/α-hetero) is 1. The van der Waals surface area contributed by atoms with Crippen LogP contribution in [0.4, 0.5) is 0 Å². The summed E-state index contributed by atoms with van der Waals surface area (Å²) in [7, 11) is 0. The van der Waals surface area contributed by atoms with Crippen molar-refractivity contribution in [1.82, 2.24) is 0 Å². The van der Waals surface area contributed by atoms with Crippen molar-refractivity contribution < 1.29 is 14.7 Å². The van der Waals surface area contributed by atoms with Gasteiger partial charge in [0.2, 0.25) is 0 Å². The lowest BCUT2D eigenvalue weighted by atomic mass is 9.91. The van der Waals surface area contributed by atoms with Gasteiger partial charge < -0.3 is 5.11 Å². The van der Waals surface area contributed by atoms with E-state index in [9.17, 15) is 9.59 Å². The first-order valence-corrected chi connectivity index (χ1v) is 4.44. The first-order valence-electron chi connectivity index (χ1n) is 4.44. The van der Waals surface area contributed by atoms with Gasteiger partial charge in [-0.25, -0.2) is 0 Å². The number of carbonyl (C=O) groups excluding carboxylic acids is 1. The predicted octanol–water partition coefficient (Wildman–Crippen LogP) is 1.61. The Hall–Kier alpha value is -0.860. The summed E-state index contributed by atoms with van der Waals surface area (Å²) in [6.07, 6.45) is 4.37. The molecule has 1 atom stereocenters. The number of rotatable bonds is 1. The number of carboxylic acids is 1. The average molecular weight is 170 g/mol. The summed E-state index contributed by atoms with van der Waals surface area (Å²) < 4.78 is 0. The van der Waals surface area contributed by atoms with E-state index < -0.39 is 11.9 Å². The average Bonchev–Trinajstić information content (AvgIpc) is 1.95. The van der Waals surface area contributed by atoms with E-state index in [4.69, 9.17) is 5.11 Å². The molecule has 0 aromatic heterocycles. The van der Waals surface area contributed by atoms with Crippen LogP contribution in [0.5, 0.6) is 0 Å². The van der Waals surface area contributed by atoms with Crippen molar-refractivity contribution in [3.8, 4) is 0 Å². The summed E-state index contributed by atoms with van der Waals surface area (Å²) in [5.41, 5.74) is 0. The Morgan fingerprint density at radius 1 is 1.33 bits per heavy atom. The number of hydrogen-bond donors (Lipinski definition) is 1. The third-order valence-corrected chi connectivity index (χ3v) is 2.33. The Morgan fingerprint density at radius 2 is 2.08 bits per heavy atom. The van der Waals surface area contributed by atoms with Crippen LogP contribution in [-0.2, 0) is 9.59 Å². The van der Waals surface area contributed by atoms with Crippen LogP contribution in [0.25, 0.3) is 0 Å². The van der Waals surface area contributed by atoms with Gasteiger partial charge in [0.1, 0.15) is 5.78 Å². The van der Waals surface area contributed by atoms with E-state index >= 15 is 0 Å². The molecule has 1 aliphatic rings. The quantitative estimate of drug-likeness (QED) is 0.650. The third kappa shape index (κ3) is 2.64. The van der Waals surface area contributed by atoms with E-state index in [0.717, 1.165) is 19.3 Å². The predicted molar refractivity (Wildman–Crippen MR) is 43.8 cm³/mol. The maximum atomic E-state index is 11.1. The standard InChI is InChI=1S/C9H14O3/c10-8-5-3-1-2-4-7(6-8)9(11)12/h7H,1-6H2,(H,11,12)/t7-/m1/s1. The molecule has 1 N–H and O–H groups in total. The largest absolute Gasteiger partial charge is 0.481 e. The highest BCUT2D eigenvalue weighted by Gasteiger charge is 2.21. The topological polar surface area (TPSA) is 54.4 Å². The summed E-state index contributed by atoms with van der Waals surface area (Å²) in [6.45, 7) is 0. The smallest absolute Gasteiger partial charge is 0.306 e. The van der Waals surface area contributed by atoms with Crippen LogP contribution >= 0.6 is 0 Å². The molecular weight excluding hydrogens is 156 g/mol. The van der Waals surface area contributed by atoms with Crippen molar-refractivity contribution in [3.05, 3.63) is 0 Å². The molecule has 0 radical (unpaired) electrons. The molecule has 3 nitrogen and oxygen atoms in total. The summed E-state index contributed by atoms with van der Waals surface area (Å²) in [5, 5.41) is 8.72. The Balaban J connectivity index is 2.49. The molecule has 0 aromatic rings. The first-order chi connectivity index (χ1) is 5.70. The molecule has 0 bridgehead atoms. The van der Waals surface area contributed by atoms with Gasteiger partial charge in [-0.05, 0) is 12.8 Å². The van der Waals surface area contributed by atoms with E-state index in [-0.39, 0.29) is 12.2 Å². The monoisotopic (exact) mass is 170 g/mol. The van der Waals surface area contributed by atoms with E-state index in [0.29, 0.717) is 12.8 Å². The van der Waals surface area contributed by atoms with Crippen molar-refractivity contribution >= 4 is 11.8 Å². The number of ketones is 1. The van der Waals surface area contributed by atoms with Gasteiger partial charge in [-0.2, -0.15) is 0 Å². The van der Waals surface area contributed by atoms with E-state index in [2.05, 4.69) is 0 Å². The molecule has 12 heavy (non-hydrogen) atoms. The van der Waals surface area contributed by atoms with Gasteiger partial charge in [-0.3, -0.25) is 9.59 Å². The van der Waals surface area contributed by atoms with Gasteiger partial charge in [0.25, 0.3) is 0 Å². The van der Waals surface area contributed by atoms with Gasteiger partial charge in [-0.1, -0.05) is 12.8 Å². The lowest BCUT2D eigenvalue weighted by molar-refractivity contribution is -0.144. The van der Waals surface area contributed by atoms with Crippen molar-refractivity contribution in [1.29, 1.82) is 0 Å². The molecule has 0 amide bonds. The van der Waals surface area contributed by atoms with Crippen LogP contribution in [0.3, 0.4) is 0 Å². The highest BCUT2D eigenvalue weighted by atomic mass is 16.4. The zero-order valence-electron chi connectivity index (χ0n) is 7.08. The molecule has 3 heteroatoms. The molecule has 0 heterocycles. The lowest BCUT2D eigenvalue weighted by Crippen LogP contribution is -2.19. The van der Waals surface area contributed by atoms with E-state index in [1.165, 1.54) is 0 Å². The normalized spacial score (nSPS) is 26.0. The fourth-order valence-corrected chi connectivity index (χ4v) is 1.58. The zero-order valence-corrected chi connectivity index (χ0v) is 7.08. The SMILES string of the molecule is O=C1CCCCC[C@@H](C(=O)O)C1. The van der Waals surface area contributed by atoms with Gasteiger partial charge in [-0.15, -0.1) is 0 Å². The van der Waals surface area contributed by atoms with E-state index in [1.54, 1.807) is 0 Å². The van der Waals surface area contributed by atoms with Crippen LogP contribution in [0.2, 0.25) is 0 Å². The third-order valence-electron chi connectivity index (χ3n) is 2.33. The molecule has 0 aliphatic heterocycles. The second-order valence-corrected chi connectivity index (χ2v) is 3.38. The zero-order chi connectivity index (χ0) is 8.97. The minimum atomic E-state index is -0.815. The van der Waals surface area contributed by atoms with Crippen molar-refractivity contribution in [2.75, 3.05) is 0 Å². The second-order valence-electron chi connectivity index (χ2n) is 3.38. The number of aliphatic carboxylic acids is 1. The molecule has 0 spiro atoms. The Labute approximate surface area is 71.8 Å². The van der Waals surface area contributed by atoms with Crippen LogP contribution in [0.1, 0.15) is 38.5 Å². The molecule has 1 fully saturated rings. The van der Waals surface area contributed by atoms with Gasteiger partial charge in [0.05, 0.1) is 5.92 Å². The fraction of sp³-hybridized carbons (Fsp3) is 0.778. The van der Waals surface area contributed by atoms with Crippen LogP contribution in [0.15, 0.2) is 0 Å². The van der Waals surface area contributed by atoms with Crippen molar-refractivity contribution in [2.24, 2.45) is 5.92 Å². The summed E-state index contributed by atoms with van der Waals surface area (Å²) in [6, 6.07) is 0. The van der Waals surface area contributed by atoms with Gasteiger partial charge >= 0.3 is 5.97 Å². The molecule has 1 saturated carbocycles. The van der Waals surface area contributed by atoms with Gasteiger partial charge in [0, 0.05) is 12.8 Å².